The minimum absolute atomic E-state index is 0.0822. The summed E-state index contributed by atoms with van der Waals surface area (Å²) in [5, 5.41) is 22.6. The van der Waals surface area contributed by atoms with Gasteiger partial charge in [0.15, 0.2) is 5.78 Å². The van der Waals surface area contributed by atoms with Gasteiger partial charge in [0.2, 0.25) is 11.8 Å². The molecule has 0 aliphatic carbocycles. The summed E-state index contributed by atoms with van der Waals surface area (Å²) < 4.78 is 10.5. The molecule has 2 aromatic carbocycles. The SMILES string of the molecule is COc1ccc2cc(C(=O)CC(SC[C@H](NC(=O)CC[C@H](N)C(=O)O)C(=O)NCC(=O)O)c3ccccc3)c(=O)oc2c1. The predicted octanol–water partition coefficient (Wildman–Crippen LogP) is 1.73. The molecule has 1 heterocycles. The van der Waals surface area contributed by atoms with Gasteiger partial charge in [0.05, 0.1) is 7.11 Å². The van der Waals surface area contributed by atoms with E-state index in [2.05, 4.69) is 10.6 Å². The summed E-state index contributed by atoms with van der Waals surface area (Å²) in [6.07, 6.45) is -0.628. The fourth-order valence-corrected chi connectivity index (χ4v) is 5.27. The number of carboxylic acid groups (broad SMARTS) is 2. The zero-order chi connectivity index (χ0) is 31.5. The molecule has 3 aromatic rings. The molecule has 14 heteroatoms. The first-order valence-electron chi connectivity index (χ1n) is 13.1. The van der Waals surface area contributed by atoms with Crippen molar-refractivity contribution in [2.45, 2.75) is 36.6 Å². The van der Waals surface area contributed by atoms with Crippen molar-refractivity contribution in [1.82, 2.24) is 10.6 Å². The van der Waals surface area contributed by atoms with E-state index in [0.717, 1.165) is 11.8 Å². The number of nitrogens with one attached hydrogen (secondary N) is 2. The van der Waals surface area contributed by atoms with E-state index in [1.807, 2.05) is 0 Å². The zero-order valence-corrected chi connectivity index (χ0v) is 23.9. The smallest absolute Gasteiger partial charge is 0.347 e. The molecule has 3 atom stereocenters. The molecular weight excluding hydrogens is 582 g/mol. The first kappa shape index (κ1) is 32.8. The van der Waals surface area contributed by atoms with Crippen LogP contribution in [0.15, 0.2) is 63.8 Å². The van der Waals surface area contributed by atoms with Crippen LogP contribution in [0.1, 0.15) is 40.4 Å². The second-order valence-electron chi connectivity index (χ2n) is 9.43. The molecular formula is C29H31N3O10S. The fraction of sp³-hybridized carbons (Fsp3) is 0.310. The number of hydrogen-bond donors (Lipinski definition) is 5. The van der Waals surface area contributed by atoms with Crippen LogP contribution in [0.25, 0.3) is 11.0 Å². The Morgan fingerprint density at radius 1 is 1.05 bits per heavy atom. The summed E-state index contributed by atoms with van der Waals surface area (Å²) >= 11 is 1.14. The first-order chi connectivity index (χ1) is 20.5. The van der Waals surface area contributed by atoms with Gasteiger partial charge in [-0.05, 0) is 30.2 Å². The average Bonchev–Trinajstić information content (AvgIpc) is 2.99. The molecule has 2 amide bonds. The molecule has 43 heavy (non-hydrogen) atoms. The number of ether oxygens (including phenoxy) is 1. The van der Waals surface area contributed by atoms with Gasteiger partial charge in [0.25, 0.3) is 0 Å². The highest BCUT2D eigenvalue weighted by atomic mass is 32.2. The number of carbonyl (C=O) groups excluding carboxylic acids is 3. The van der Waals surface area contributed by atoms with E-state index in [1.54, 1.807) is 42.5 Å². The van der Waals surface area contributed by atoms with Crippen LogP contribution in [0.5, 0.6) is 5.75 Å². The van der Waals surface area contributed by atoms with Crippen LogP contribution >= 0.6 is 11.8 Å². The third-order valence-corrected chi connectivity index (χ3v) is 7.68. The molecule has 13 nitrogen and oxygen atoms in total. The number of methoxy groups -OCH3 is 1. The average molecular weight is 614 g/mol. The largest absolute Gasteiger partial charge is 0.497 e. The van der Waals surface area contributed by atoms with Crippen molar-refractivity contribution in [2.75, 3.05) is 19.4 Å². The number of amides is 2. The van der Waals surface area contributed by atoms with Crippen molar-refractivity contribution >= 4 is 52.3 Å². The van der Waals surface area contributed by atoms with Gasteiger partial charge in [-0.3, -0.25) is 24.0 Å². The summed E-state index contributed by atoms with van der Waals surface area (Å²) in [5.41, 5.74) is 5.44. The highest BCUT2D eigenvalue weighted by Gasteiger charge is 2.27. The lowest BCUT2D eigenvalue weighted by molar-refractivity contribution is -0.139. The normalized spacial score (nSPS) is 13.0. The van der Waals surface area contributed by atoms with Crippen molar-refractivity contribution in [3.05, 3.63) is 76.1 Å². The van der Waals surface area contributed by atoms with Crippen LogP contribution < -0.4 is 26.7 Å². The second-order valence-corrected chi connectivity index (χ2v) is 10.7. The number of nitrogens with two attached hydrogens (primary N) is 1. The Bertz CT molecular complexity index is 1540. The van der Waals surface area contributed by atoms with E-state index in [4.69, 9.17) is 25.1 Å². The van der Waals surface area contributed by atoms with Crippen molar-refractivity contribution in [3.63, 3.8) is 0 Å². The van der Waals surface area contributed by atoms with Gasteiger partial charge in [-0.25, -0.2) is 4.79 Å². The Balaban J connectivity index is 1.81. The van der Waals surface area contributed by atoms with Gasteiger partial charge in [-0.1, -0.05) is 30.3 Å². The van der Waals surface area contributed by atoms with Crippen LogP contribution in [-0.4, -0.2) is 71.2 Å². The molecule has 228 valence electrons. The monoisotopic (exact) mass is 613 g/mol. The highest BCUT2D eigenvalue weighted by Crippen LogP contribution is 2.34. The van der Waals surface area contributed by atoms with Gasteiger partial charge < -0.3 is 35.7 Å². The highest BCUT2D eigenvalue weighted by molar-refractivity contribution is 7.99. The predicted molar refractivity (Wildman–Crippen MR) is 157 cm³/mol. The third kappa shape index (κ3) is 9.68. The van der Waals surface area contributed by atoms with E-state index >= 15 is 0 Å². The van der Waals surface area contributed by atoms with Crippen LogP contribution in [-0.2, 0) is 19.2 Å². The van der Waals surface area contributed by atoms with E-state index in [-0.39, 0.29) is 36.2 Å². The molecule has 0 fully saturated rings. The Morgan fingerprint density at radius 3 is 2.42 bits per heavy atom. The number of ketones is 1. The molecule has 3 rings (SSSR count). The van der Waals surface area contributed by atoms with Crippen LogP contribution in [0.2, 0.25) is 0 Å². The molecule has 0 aliphatic heterocycles. The maximum Gasteiger partial charge on any atom is 0.347 e. The standard InChI is InChI=1S/C29H31N3O10S/c1-41-18-8-7-17-11-19(29(40)42-23(17)12-18)22(33)13-24(16-5-3-2-4-6-16)43-15-21(27(37)31-14-26(35)36)32-25(34)10-9-20(30)28(38)39/h2-8,11-12,20-21,24H,9-10,13-15,30H2,1H3,(H,31,37)(H,32,34)(H,35,36)(H,38,39)/t20-,21-,24?/m0/s1. The topological polar surface area (TPSA) is 215 Å². The van der Waals surface area contributed by atoms with Crippen LogP contribution in [0, 0.1) is 0 Å². The van der Waals surface area contributed by atoms with Crippen molar-refractivity contribution in [3.8, 4) is 5.75 Å². The number of rotatable bonds is 16. The summed E-state index contributed by atoms with van der Waals surface area (Å²) in [4.78, 5) is 73.4. The van der Waals surface area contributed by atoms with Gasteiger partial charge in [-0.15, -0.1) is 0 Å². The zero-order valence-electron chi connectivity index (χ0n) is 23.1. The summed E-state index contributed by atoms with van der Waals surface area (Å²) in [5.74, 6) is -4.13. The number of Topliss-reactive ketones (excluding diaryl/α,β-unsaturated/α-hetero) is 1. The van der Waals surface area contributed by atoms with Gasteiger partial charge >= 0.3 is 17.6 Å². The summed E-state index contributed by atoms with van der Waals surface area (Å²) in [7, 11) is 1.47. The number of thioether (sulfide) groups is 1. The molecule has 1 unspecified atom stereocenters. The first-order valence-corrected chi connectivity index (χ1v) is 14.1. The van der Waals surface area contributed by atoms with Gasteiger partial charge in [-0.2, -0.15) is 11.8 Å². The van der Waals surface area contributed by atoms with Gasteiger partial charge in [0, 0.05) is 35.3 Å². The Hall–Kier alpha value is -4.69. The Labute approximate surface area is 249 Å². The van der Waals surface area contributed by atoms with Crippen molar-refractivity contribution in [2.24, 2.45) is 5.73 Å². The van der Waals surface area contributed by atoms with E-state index in [0.29, 0.717) is 16.7 Å². The summed E-state index contributed by atoms with van der Waals surface area (Å²) in [6, 6.07) is 12.6. The molecule has 1 aromatic heterocycles. The third-order valence-electron chi connectivity index (χ3n) is 6.31. The van der Waals surface area contributed by atoms with E-state index in [1.165, 1.54) is 19.2 Å². The lowest BCUT2D eigenvalue weighted by Crippen LogP contribution is -2.49. The Morgan fingerprint density at radius 2 is 1.77 bits per heavy atom. The van der Waals surface area contributed by atoms with Crippen LogP contribution in [0.4, 0.5) is 0 Å². The van der Waals surface area contributed by atoms with Crippen LogP contribution in [0.3, 0.4) is 0 Å². The number of fused-ring (bicyclic) bond motifs is 1. The lowest BCUT2D eigenvalue weighted by atomic mass is 10.0. The van der Waals surface area contributed by atoms with Gasteiger partial charge in [0.1, 0.15) is 35.5 Å². The number of carboxylic acids is 2. The fourth-order valence-electron chi connectivity index (χ4n) is 3.99. The number of carbonyl (C=O) groups is 5. The number of aliphatic carboxylic acids is 2. The minimum Gasteiger partial charge on any atom is -0.497 e. The van der Waals surface area contributed by atoms with E-state index in [9.17, 15) is 28.8 Å². The Kier molecular flexibility index (Phi) is 11.8. The summed E-state index contributed by atoms with van der Waals surface area (Å²) in [6.45, 7) is -0.691. The molecule has 0 saturated heterocycles. The minimum atomic E-state index is -1.29. The molecule has 0 bridgehead atoms. The maximum absolute atomic E-state index is 13.4. The molecule has 6 N–H and O–H groups in total. The van der Waals surface area contributed by atoms with Crippen molar-refractivity contribution < 1.29 is 43.3 Å². The number of hydrogen-bond acceptors (Lipinski definition) is 10. The maximum atomic E-state index is 13.4. The molecule has 0 saturated carbocycles. The molecule has 0 spiro atoms. The van der Waals surface area contributed by atoms with E-state index < -0.39 is 59.0 Å². The molecule has 0 radical (unpaired) electrons. The lowest BCUT2D eigenvalue weighted by Gasteiger charge is -2.22. The molecule has 0 aliphatic rings. The quantitative estimate of drug-likeness (QED) is 0.115. The second kappa shape index (κ2) is 15.5. The van der Waals surface area contributed by atoms with Crippen molar-refractivity contribution in [1.29, 1.82) is 0 Å². The number of benzene rings is 2.